The second kappa shape index (κ2) is 6.22. The van der Waals surface area contributed by atoms with Gasteiger partial charge in [-0.05, 0) is 25.3 Å². The summed E-state index contributed by atoms with van der Waals surface area (Å²) in [5.41, 5.74) is 0.682. The fourth-order valence-corrected chi connectivity index (χ4v) is 3.08. The smallest absolute Gasteiger partial charge is 0.231 e. The number of piperidine rings is 1. The average Bonchev–Trinajstić information content (AvgIpc) is 2.75. The van der Waals surface area contributed by atoms with E-state index < -0.39 is 0 Å². The highest BCUT2D eigenvalue weighted by molar-refractivity contribution is 7.13. The van der Waals surface area contributed by atoms with Gasteiger partial charge in [0.25, 0.3) is 0 Å². The summed E-state index contributed by atoms with van der Waals surface area (Å²) in [4.78, 5) is 18.9. The molecule has 1 N–H and O–H groups in total. The van der Waals surface area contributed by atoms with Gasteiger partial charge in [0.1, 0.15) is 0 Å². The molecule has 4 nitrogen and oxygen atoms in total. The predicted molar refractivity (Wildman–Crippen MR) is 83.9 cm³/mol. The molecule has 1 atom stereocenters. The number of likely N-dealkylation sites (tertiary alicyclic amines) is 1. The minimum Gasteiger partial charge on any atom is -0.302 e. The normalized spacial score (nSPS) is 20.9. The zero-order valence-electron chi connectivity index (χ0n) is 12.9. The molecule has 0 bridgehead atoms. The van der Waals surface area contributed by atoms with Crippen LogP contribution in [-0.4, -0.2) is 28.9 Å². The van der Waals surface area contributed by atoms with E-state index in [0.29, 0.717) is 5.13 Å². The zero-order valence-corrected chi connectivity index (χ0v) is 13.7. The van der Waals surface area contributed by atoms with E-state index >= 15 is 0 Å². The number of thiazole rings is 1. The maximum absolute atomic E-state index is 11.9. The van der Waals surface area contributed by atoms with Gasteiger partial charge in [-0.3, -0.25) is 9.69 Å². The van der Waals surface area contributed by atoms with Gasteiger partial charge in [-0.2, -0.15) is 0 Å². The van der Waals surface area contributed by atoms with Crippen LogP contribution in [0.3, 0.4) is 0 Å². The van der Waals surface area contributed by atoms with Crippen LogP contribution in [0.5, 0.6) is 0 Å². The lowest BCUT2D eigenvalue weighted by atomic mass is 9.96. The van der Waals surface area contributed by atoms with Crippen molar-refractivity contribution < 1.29 is 4.79 Å². The summed E-state index contributed by atoms with van der Waals surface area (Å²) in [6, 6.07) is 0. The van der Waals surface area contributed by atoms with Crippen molar-refractivity contribution >= 4 is 22.4 Å². The average molecular weight is 295 g/mol. The van der Waals surface area contributed by atoms with Crippen LogP contribution in [0, 0.1) is 11.3 Å². The van der Waals surface area contributed by atoms with E-state index in [1.54, 1.807) is 0 Å². The van der Waals surface area contributed by atoms with Gasteiger partial charge >= 0.3 is 0 Å². The van der Waals surface area contributed by atoms with Gasteiger partial charge in [0.15, 0.2) is 5.13 Å². The maximum Gasteiger partial charge on any atom is 0.231 e. The Labute approximate surface area is 125 Å². The SMILES string of the molecule is CC1CCCN(Cc2csc(NC(=O)C(C)(C)C)n2)C1. The molecule has 112 valence electrons. The van der Waals surface area contributed by atoms with E-state index in [1.165, 1.54) is 24.2 Å². The summed E-state index contributed by atoms with van der Waals surface area (Å²) in [7, 11) is 0. The predicted octanol–water partition coefficient (Wildman–Crippen LogP) is 3.36. The summed E-state index contributed by atoms with van der Waals surface area (Å²) >= 11 is 1.51. The van der Waals surface area contributed by atoms with Gasteiger partial charge in [-0.25, -0.2) is 4.98 Å². The van der Waals surface area contributed by atoms with Gasteiger partial charge in [0.2, 0.25) is 5.91 Å². The summed E-state index contributed by atoms with van der Waals surface area (Å²) in [5, 5.41) is 5.66. The van der Waals surface area contributed by atoms with Crippen molar-refractivity contribution in [2.75, 3.05) is 18.4 Å². The van der Waals surface area contributed by atoms with Gasteiger partial charge in [-0.1, -0.05) is 27.7 Å². The van der Waals surface area contributed by atoms with E-state index in [2.05, 4.69) is 27.5 Å². The number of aromatic nitrogens is 1. The van der Waals surface area contributed by atoms with Crippen LogP contribution in [0.25, 0.3) is 0 Å². The lowest BCUT2D eigenvalue weighted by Crippen LogP contribution is -2.33. The monoisotopic (exact) mass is 295 g/mol. The van der Waals surface area contributed by atoms with E-state index in [0.717, 1.165) is 31.2 Å². The van der Waals surface area contributed by atoms with E-state index in [9.17, 15) is 4.79 Å². The molecule has 0 radical (unpaired) electrons. The Morgan fingerprint density at radius 3 is 2.95 bits per heavy atom. The second-order valence-corrected chi connectivity index (χ2v) is 7.69. The molecule has 2 rings (SSSR count). The Morgan fingerprint density at radius 1 is 1.55 bits per heavy atom. The van der Waals surface area contributed by atoms with Crippen molar-refractivity contribution in [3.05, 3.63) is 11.1 Å². The highest BCUT2D eigenvalue weighted by Crippen LogP contribution is 2.23. The topological polar surface area (TPSA) is 45.2 Å². The Kier molecular flexibility index (Phi) is 4.81. The number of carbonyl (C=O) groups excluding carboxylic acids is 1. The summed E-state index contributed by atoms with van der Waals surface area (Å²) < 4.78 is 0. The van der Waals surface area contributed by atoms with Gasteiger partial charge < -0.3 is 5.32 Å². The first kappa shape index (κ1) is 15.4. The van der Waals surface area contributed by atoms with Crippen molar-refractivity contribution in [3.8, 4) is 0 Å². The first-order chi connectivity index (χ1) is 9.34. The number of hydrogen-bond donors (Lipinski definition) is 1. The molecular weight excluding hydrogens is 270 g/mol. The Hall–Kier alpha value is -0.940. The van der Waals surface area contributed by atoms with Crippen molar-refractivity contribution in [2.24, 2.45) is 11.3 Å². The minimum absolute atomic E-state index is 0.0185. The van der Waals surface area contributed by atoms with Gasteiger partial charge in [-0.15, -0.1) is 11.3 Å². The highest BCUT2D eigenvalue weighted by atomic mass is 32.1. The number of nitrogens with zero attached hydrogens (tertiary/aromatic N) is 2. The number of amides is 1. The molecule has 20 heavy (non-hydrogen) atoms. The van der Waals surface area contributed by atoms with Crippen LogP contribution in [0.2, 0.25) is 0 Å². The first-order valence-electron chi connectivity index (χ1n) is 7.33. The van der Waals surface area contributed by atoms with Crippen molar-refractivity contribution in [1.29, 1.82) is 0 Å². The molecule has 1 amide bonds. The molecular formula is C15H25N3OS. The fraction of sp³-hybridized carbons (Fsp3) is 0.733. The van der Waals surface area contributed by atoms with Crippen molar-refractivity contribution in [3.63, 3.8) is 0 Å². The Balaban J connectivity index is 1.90. The van der Waals surface area contributed by atoms with Crippen molar-refractivity contribution in [1.82, 2.24) is 9.88 Å². The fourth-order valence-electron chi connectivity index (χ4n) is 2.38. The van der Waals surface area contributed by atoms with Crippen LogP contribution < -0.4 is 5.32 Å². The van der Waals surface area contributed by atoms with Crippen LogP contribution in [0.1, 0.15) is 46.2 Å². The van der Waals surface area contributed by atoms with Crippen molar-refractivity contribution in [2.45, 2.75) is 47.1 Å². The molecule has 2 heterocycles. The molecule has 0 spiro atoms. The van der Waals surface area contributed by atoms with Gasteiger partial charge in [0, 0.05) is 23.9 Å². The lowest BCUT2D eigenvalue weighted by molar-refractivity contribution is -0.123. The van der Waals surface area contributed by atoms with Crippen LogP contribution in [0.4, 0.5) is 5.13 Å². The summed E-state index contributed by atoms with van der Waals surface area (Å²) in [6.07, 6.45) is 2.61. The molecule has 5 heteroatoms. The second-order valence-electron chi connectivity index (χ2n) is 6.83. The molecule has 0 aromatic carbocycles. The number of rotatable bonds is 3. The number of anilines is 1. The van der Waals surface area contributed by atoms with E-state index in [4.69, 9.17) is 0 Å². The third kappa shape index (κ3) is 4.28. The molecule has 1 aromatic rings. The number of nitrogens with one attached hydrogen (secondary N) is 1. The molecule has 1 saturated heterocycles. The molecule has 0 aliphatic carbocycles. The third-order valence-electron chi connectivity index (χ3n) is 3.58. The molecule has 1 unspecified atom stereocenters. The van der Waals surface area contributed by atoms with Crippen LogP contribution >= 0.6 is 11.3 Å². The Bertz CT molecular complexity index is 464. The highest BCUT2D eigenvalue weighted by Gasteiger charge is 2.22. The molecule has 1 fully saturated rings. The van der Waals surface area contributed by atoms with Crippen LogP contribution in [-0.2, 0) is 11.3 Å². The van der Waals surface area contributed by atoms with E-state index in [1.807, 2.05) is 20.8 Å². The summed E-state index contributed by atoms with van der Waals surface area (Å²) in [5.74, 6) is 0.799. The molecule has 0 saturated carbocycles. The summed E-state index contributed by atoms with van der Waals surface area (Å²) in [6.45, 7) is 11.2. The largest absolute Gasteiger partial charge is 0.302 e. The number of hydrogen-bond acceptors (Lipinski definition) is 4. The molecule has 1 aromatic heterocycles. The van der Waals surface area contributed by atoms with Crippen LogP contribution in [0.15, 0.2) is 5.38 Å². The maximum atomic E-state index is 11.9. The molecule has 1 aliphatic heterocycles. The quantitative estimate of drug-likeness (QED) is 0.930. The third-order valence-corrected chi connectivity index (χ3v) is 4.39. The first-order valence-corrected chi connectivity index (χ1v) is 8.21. The minimum atomic E-state index is -0.381. The zero-order chi connectivity index (χ0) is 14.8. The lowest BCUT2D eigenvalue weighted by Gasteiger charge is -2.30. The molecule has 1 aliphatic rings. The Morgan fingerprint density at radius 2 is 2.30 bits per heavy atom. The van der Waals surface area contributed by atoms with E-state index in [-0.39, 0.29) is 11.3 Å². The van der Waals surface area contributed by atoms with Gasteiger partial charge in [0.05, 0.1) is 5.69 Å². The number of carbonyl (C=O) groups is 1. The standard InChI is InChI=1S/C15H25N3OS/c1-11-6-5-7-18(8-11)9-12-10-20-14(16-12)17-13(19)15(2,3)4/h10-11H,5-9H2,1-4H3,(H,16,17,19).